The van der Waals surface area contributed by atoms with Gasteiger partial charge in [0.15, 0.2) is 0 Å². The quantitative estimate of drug-likeness (QED) is 0.715. The summed E-state index contributed by atoms with van der Waals surface area (Å²) in [5, 5.41) is 7.83. The third-order valence-electron chi connectivity index (χ3n) is 3.36. The molecule has 2 heterocycles. The Labute approximate surface area is 143 Å². The Kier molecular flexibility index (Phi) is 4.50. The second kappa shape index (κ2) is 6.56. The Morgan fingerprint density at radius 1 is 1.17 bits per heavy atom. The summed E-state index contributed by atoms with van der Waals surface area (Å²) in [4.78, 5) is 14.1. The first-order chi connectivity index (χ1) is 11.0. The molecule has 23 heavy (non-hydrogen) atoms. The second-order valence-electron chi connectivity index (χ2n) is 5.38. The molecule has 3 rings (SSSR count). The normalized spacial score (nSPS) is 11.0. The number of nitrogens with one attached hydrogen (secondary N) is 1. The van der Waals surface area contributed by atoms with Crippen molar-refractivity contribution >= 4 is 34.7 Å². The van der Waals surface area contributed by atoms with Crippen LogP contribution in [0.2, 0.25) is 5.02 Å². The summed E-state index contributed by atoms with van der Waals surface area (Å²) in [6.45, 7) is 4.04. The molecule has 1 aromatic carbocycles. The average molecular weight is 346 g/mol. The molecule has 0 saturated heterocycles. The SMILES string of the molecule is CC(C)n1nccc1NC(=O)c1ccc(-c2ccc(Cl)cc2)s1. The first-order valence-electron chi connectivity index (χ1n) is 7.25. The monoisotopic (exact) mass is 345 g/mol. The first-order valence-corrected chi connectivity index (χ1v) is 8.44. The number of hydrogen-bond acceptors (Lipinski definition) is 3. The molecular formula is C17H16ClN3OS. The number of nitrogens with zero attached hydrogens (tertiary/aromatic N) is 2. The van der Waals surface area contributed by atoms with Crippen molar-refractivity contribution in [2.75, 3.05) is 5.32 Å². The molecule has 0 spiro atoms. The highest BCUT2D eigenvalue weighted by molar-refractivity contribution is 7.17. The maximum absolute atomic E-state index is 12.4. The van der Waals surface area contributed by atoms with Crippen LogP contribution in [0.1, 0.15) is 29.6 Å². The van der Waals surface area contributed by atoms with Crippen LogP contribution in [0.25, 0.3) is 10.4 Å². The zero-order chi connectivity index (χ0) is 16.4. The van der Waals surface area contributed by atoms with E-state index in [9.17, 15) is 4.79 Å². The molecule has 0 aliphatic rings. The van der Waals surface area contributed by atoms with Gasteiger partial charge in [-0.25, -0.2) is 4.68 Å². The zero-order valence-electron chi connectivity index (χ0n) is 12.8. The number of amides is 1. The molecule has 6 heteroatoms. The van der Waals surface area contributed by atoms with Crippen LogP contribution in [0.5, 0.6) is 0 Å². The Morgan fingerprint density at radius 2 is 1.91 bits per heavy atom. The number of thiophene rings is 1. The van der Waals surface area contributed by atoms with Crippen molar-refractivity contribution in [1.29, 1.82) is 0 Å². The smallest absolute Gasteiger partial charge is 0.266 e. The molecule has 0 radical (unpaired) electrons. The lowest BCUT2D eigenvalue weighted by Gasteiger charge is -2.11. The minimum Gasteiger partial charge on any atom is -0.306 e. The van der Waals surface area contributed by atoms with Crippen LogP contribution in [0.3, 0.4) is 0 Å². The number of anilines is 1. The molecule has 0 aliphatic carbocycles. The van der Waals surface area contributed by atoms with Crippen LogP contribution >= 0.6 is 22.9 Å². The standard InChI is InChI=1S/C17H16ClN3OS/c1-11(2)21-16(9-10-19-21)20-17(22)15-8-7-14(23-15)12-3-5-13(18)6-4-12/h3-11H,1-2H3,(H,20,22). The van der Waals surface area contributed by atoms with Crippen molar-refractivity contribution in [3.8, 4) is 10.4 Å². The number of hydrogen-bond donors (Lipinski definition) is 1. The average Bonchev–Trinajstić information content (AvgIpc) is 3.16. The summed E-state index contributed by atoms with van der Waals surface area (Å²) in [6, 6.07) is 13.4. The van der Waals surface area contributed by atoms with Gasteiger partial charge in [-0.05, 0) is 43.7 Å². The fourth-order valence-electron chi connectivity index (χ4n) is 2.23. The lowest BCUT2D eigenvalue weighted by atomic mass is 10.2. The van der Waals surface area contributed by atoms with Crippen molar-refractivity contribution < 1.29 is 4.79 Å². The Balaban J connectivity index is 1.78. The fourth-order valence-corrected chi connectivity index (χ4v) is 3.26. The van der Waals surface area contributed by atoms with Gasteiger partial charge in [0.1, 0.15) is 5.82 Å². The van der Waals surface area contributed by atoms with Crippen LogP contribution in [0, 0.1) is 0 Å². The van der Waals surface area contributed by atoms with E-state index in [4.69, 9.17) is 11.6 Å². The van der Waals surface area contributed by atoms with E-state index in [0.29, 0.717) is 15.7 Å². The largest absolute Gasteiger partial charge is 0.306 e. The lowest BCUT2D eigenvalue weighted by molar-refractivity contribution is 0.102. The topological polar surface area (TPSA) is 46.9 Å². The molecule has 4 nitrogen and oxygen atoms in total. The van der Waals surface area contributed by atoms with Crippen LogP contribution in [-0.4, -0.2) is 15.7 Å². The summed E-state index contributed by atoms with van der Waals surface area (Å²) >= 11 is 7.36. The van der Waals surface area contributed by atoms with Gasteiger partial charge in [0.05, 0.1) is 11.1 Å². The van der Waals surface area contributed by atoms with Gasteiger partial charge in [0.25, 0.3) is 5.91 Å². The van der Waals surface area contributed by atoms with Gasteiger partial charge in [0, 0.05) is 22.0 Å². The number of carbonyl (C=O) groups is 1. The van der Waals surface area contributed by atoms with E-state index >= 15 is 0 Å². The van der Waals surface area contributed by atoms with E-state index in [1.54, 1.807) is 16.9 Å². The van der Waals surface area contributed by atoms with Gasteiger partial charge in [-0.3, -0.25) is 4.79 Å². The molecule has 0 bridgehead atoms. The van der Waals surface area contributed by atoms with Crippen molar-refractivity contribution in [1.82, 2.24) is 9.78 Å². The summed E-state index contributed by atoms with van der Waals surface area (Å²) in [5.74, 6) is 0.573. The van der Waals surface area contributed by atoms with Gasteiger partial charge in [-0.2, -0.15) is 5.10 Å². The summed E-state index contributed by atoms with van der Waals surface area (Å²) in [6.07, 6.45) is 1.68. The van der Waals surface area contributed by atoms with E-state index in [1.165, 1.54) is 11.3 Å². The predicted octanol–water partition coefficient (Wildman–Crippen LogP) is 5.10. The van der Waals surface area contributed by atoms with E-state index in [1.807, 2.05) is 50.2 Å². The summed E-state index contributed by atoms with van der Waals surface area (Å²) in [7, 11) is 0. The number of halogens is 1. The Hall–Kier alpha value is -2.11. The van der Waals surface area contributed by atoms with Crippen LogP contribution in [0.15, 0.2) is 48.7 Å². The van der Waals surface area contributed by atoms with Crippen molar-refractivity contribution in [3.05, 3.63) is 58.6 Å². The minimum atomic E-state index is -0.127. The second-order valence-corrected chi connectivity index (χ2v) is 6.90. The van der Waals surface area contributed by atoms with Crippen molar-refractivity contribution in [2.45, 2.75) is 19.9 Å². The highest BCUT2D eigenvalue weighted by atomic mass is 35.5. The molecule has 0 atom stereocenters. The van der Waals surface area contributed by atoms with Gasteiger partial charge in [-0.15, -0.1) is 11.3 Å². The minimum absolute atomic E-state index is 0.127. The van der Waals surface area contributed by atoms with E-state index in [0.717, 1.165) is 10.4 Å². The highest BCUT2D eigenvalue weighted by Gasteiger charge is 2.13. The van der Waals surface area contributed by atoms with Gasteiger partial charge in [0.2, 0.25) is 0 Å². The number of rotatable bonds is 4. The van der Waals surface area contributed by atoms with Gasteiger partial charge < -0.3 is 5.32 Å². The molecule has 2 aromatic heterocycles. The van der Waals surface area contributed by atoms with Crippen LogP contribution < -0.4 is 5.32 Å². The molecular weight excluding hydrogens is 330 g/mol. The van der Waals surface area contributed by atoms with E-state index < -0.39 is 0 Å². The molecule has 3 aromatic rings. The third kappa shape index (κ3) is 3.46. The molecule has 0 unspecified atom stereocenters. The molecule has 118 valence electrons. The Morgan fingerprint density at radius 3 is 2.61 bits per heavy atom. The van der Waals surface area contributed by atoms with Gasteiger partial charge >= 0.3 is 0 Å². The molecule has 0 saturated carbocycles. The van der Waals surface area contributed by atoms with Crippen molar-refractivity contribution in [2.24, 2.45) is 0 Å². The summed E-state index contributed by atoms with van der Waals surface area (Å²) in [5.41, 5.74) is 1.05. The fraction of sp³-hybridized carbons (Fsp3) is 0.176. The summed E-state index contributed by atoms with van der Waals surface area (Å²) < 4.78 is 1.78. The Bertz CT molecular complexity index is 820. The number of benzene rings is 1. The molecule has 1 N–H and O–H groups in total. The molecule has 1 amide bonds. The first kappa shape index (κ1) is 15.8. The third-order valence-corrected chi connectivity index (χ3v) is 4.74. The van der Waals surface area contributed by atoms with Crippen LogP contribution in [-0.2, 0) is 0 Å². The molecule has 0 fully saturated rings. The highest BCUT2D eigenvalue weighted by Crippen LogP contribution is 2.29. The number of carbonyl (C=O) groups excluding carboxylic acids is 1. The predicted molar refractivity (Wildman–Crippen MR) is 95.3 cm³/mol. The van der Waals surface area contributed by atoms with E-state index in [2.05, 4.69) is 10.4 Å². The van der Waals surface area contributed by atoms with Gasteiger partial charge in [-0.1, -0.05) is 23.7 Å². The number of aromatic nitrogens is 2. The van der Waals surface area contributed by atoms with Crippen molar-refractivity contribution in [3.63, 3.8) is 0 Å². The molecule has 0 aliphatic heterocycles. The maximum Gasteiger partial charge on any atom is 0.266 e. The zero-order valence-corrected chi connectivity index (χ0v) is 14.4. The van der Waals surface area contributed by atoms with Crippen LogP contribution in [0.4, 0.5) is 5.82 Å². The van der Waals surface area contributed by atoms with E-state index in [-0.39, 0.29) is 11.9 Å². The lowest BCUT2D eigenvalue weighted by Crippen LogP contribution is -2.15. The maximum atomic E-state index is 12.4.